The number of hydroxylamine groups is 1. The van der Waals surface area contributed by atoms with Gasteiger partial charge in [-0.3, -0.25) is 14.8 Å². The maximum atomic E-state index is 11.8. The predicted octanol–water partition coefficient (Wildman–Crippen LogP) is 2.94. The van der Waals surface area contributed by atoms with Gasteiger partial charge in [0.15, 0.2) is 0 Å². The standard InChI is InChI=1S/C14H27NO3/c1-10(2)11(16)7-13(3,4)9-14(5,6)8-12(17)15-18/h10,18H,7-9H2,1-6H3,(H,15,17). The van der Waals surface area contributed by atoms with Gasteiger partial charge in [0.05, 0.1) is 0 Å². The molecule has 4 heteroatoms. The number of amides is 1. The van der Waals surface area contributed by atoms with Crippen LogP contribution in [0.2, 0.25) is 0 Å². The van der Waals surface area contributed by atoms with Gasteiger partial charge in [0.25, 0.3) is 0 Å². The summed E-state index contributed by atoms with van der Waals surface area (Å²) in [5.74, 6) is -0.0819. The molecule has 0 aromatic carbocycles. The van der Waals surface area contributed by atoms with Crippen LogP contribution in [0.15, 0.2) is 0 Å². The minimum atomic E-state index is -0.383. The Morgan fingerprint density at radius 3 is 1.89 bits per heavy atom. The maximum absolute atomic E-state index is 11.8. The lowest BCUT2D eigenvalue weighted by Gasteiger charge is -2.34. The highest BCUT2D eigenvalue weighted by atomic mass is 16.5. The number of hydrogen-bond acceptors (Lipinski definition) is 3. The molecule has 1 amide bonds. The quantitative estimate of drug-likeness (QED) is 0.544. The smallest absolute Gasteiger partial charge is 0.243 e. The molecule has 0 aliphatic heterocycles. The fraction of sp³-hybridized carbons (Fsp3) is 0.857. The van der Waals surface area contributed by atoms with Gasteiger partial charge in [-0.15, -0.1) is 0 Å². The molecule has 0 aliphatic rings. The summed E-state index contributed by atoms with van der Waals surface area (Å²) in [5, 5.41) is 8.56. The van der Waals surface area contributed by atoms with Crippen molar-refractivity contribution in [2.24, 2.45) is 16.7 Å². The Labute approximate surface area is 110 Å². The first-order valence-electron chi connectivity index (χ1n) is 6.45. The molecule has 0 radical (unpaired) electrons. The van der Waals surface area contributed by atoms with E-state index in [1.165, 1.54) is 0 Å². The lowest BCUT2D eigenvalue weighted by molar-refractivity contribution is -0.131. The van der Waals surface area contributed by atoms with Crippen molar-refractivity contribution in [3.63, 3.8) is 0 Å². The summed E-state index contributed by atoms with van der Waals surface area (Å²) in [4.78, 5) is 23.0. The first-order chi connectivity index (χ1) is 7.99. The van der Waals surface area contributed by atoms with E-state index in [2.05, 4.69) is 0 Å². The van der Waals surface area contributed by atoms with Crippen LogP contribution in [-0.2, 0) is 9.59 Å². The van der Waals surface area contributed by atoms with Crippen LogP contribution in [0.4, 0.5) is 0 Å². The lowest BCUT2D eigenvalue weighted by Crippen LogP contribution is -2.31. The zero-order valence-electron chi connectivity index (χ0n) is 12.5. The molecule has 0 aromatic rings. The zero-order chi connectivity index (χ0) is 14.6. The summed E-state index contributed by atoms with van der Waals surface area (Å²) in [6.07, 6.45) is 1.53. The Morgan fingerprint density at radius 2 is 1.50 bits per heavy atom. The van der Waals surface area contributed by atoms with Crippen LogP contribution in [0.25, 0.3) is 0 Å². The first kappa shape index (κ1) is 17.1. The Bertz CT molecular complexity index is 306. The Kier molecular flexibility index (Phi) is 6.00. The van der Waals surface area contributed by atoms with Gasteiger partial charge in [-0.05, 0) is 17.3 Å². The molecular weight excluding hydrogens is 230 g/mol. The summed E-state index contributed by atoms with van der Waals surface area (Å²) >= 11 is 0. The monoisotopic (exact) mass is 257 g/mol. The van der Waals surface area contributed by atoms with Gasteiger partial charge in [0.2, 0.25) is 5.91 Å². The number of Topliss-reactive ketones (excluding diaryl/α,β-unsaturated/α-hetero) is 1. The minimum Gasteiger partial charge on any atom is -0.299 e. The Morgan fingerprint density at radius 1 is 1.06 bits per heavy atom. The molecule has 0 unspecified atom stereocenters. The zero-order valence-corrected chi connectivity index (χ0v) is 12.5. The van der Waals surface area contributed by atoms with Crippen LogP contribution in [-0.4, -0.2) is 16.9 Å². The van der Waals surface area contributed by atoms with E-state index in [1.807, 2.05) is 41.5 Å². The van der Waals surface area contributed by atoms with Crippen molar-refractivity contribution in [3.8, 4) is 0 Å². The van der Waals surface area contributed by atoms with Crippen molar-refractivity contribution in [1.82, 2.24) is 5.48 Å². The molecule has 0 heterocycles. The highest BCUT2D eigenvalue weighted by Gasteiger charge is 2.32. The first-order valence-corrected chi connectivity index (χ1v) is 6.45. The van der Waals surface area contributed by atoms with Crippen LogP contribution < -0.4 is 5.48 Å². The third-order valence-electron chi connectivity index (χ3n) is 3.02. The number of carbonyl (C=O) groups is 2. The molecule has 0 spiro atoms. The minimum absolute atomic E-state index is 0.0492. The van der Waals surface area contributed by atoms with Gasteiger partial charge < -0.3 is 0 Å². The van der Waals surface area contributed by atoms with E-state index in [1.54, 1.807) is 5.48 Å². The molecular formula is C14H27NO3. The average molecular weight is 257 g/mol. The van der Waals surface area contributed by atoms with Crippen molar-refractivity contribution in [2.75, 3.05) is 0 Å². The van der Waals surface area contributed by atoms with Crippen LogP contribution >= 0.6 is 0 Å². The summed E-state index contributed by atoms with van der Waals surface area (Å²) < 4.78 is 0. The van der Waals surface area contributed by atoms with Crippen LogP contribution in [0.3, 0.4) is 0 Å². The van der Waals surface area contributed by atoms with E-state index in [9.17, 15) is 9.59 Å². The fourth-order valence-electron chi connectivity index (χ4n) is 2.57. The normalized spacial score (nSPS) is 12.7. The van der Waals surface area contributed by atoms with Crippen molar-refractivity contribution in [3.05, 3.63) is 0 Å². The third kappa shape index (κ3) is 6.74. The summed E-state index contributed by atoms with van der Waals surface area (Å²) in [6.45, 7) is 11.9. The second kappa shape index (κ2) is 6.32. The van der Waals surface area contributed by atoms with Crippen molar-refractivity contribution < 1.29 is 14.8 Å². The number of rotatable bonds is 7. The van der Waals surface area contributed by atoms with E-state index in [0.717, 1.165) is 6.42 Å². The second-order valence-electron chi connectivity index (χ2n) is 7.01. The number of nitrogens with one attached hydrogen (secondary N) is 1. The predicted molar refractivity (Wildman–Crippen MR) is 71.2 cm³/mol. The molecule has 0 aliphatic carbocycles. The number of ketones is 1. The molecule has 0 fully saturated rings. The molecule has 106 valence electrons. The summed E-state index contributed by atoms with van der Waals surface area (Å²) in [7, 11) is 0. The SMILES string of the molecule is CC(C)C(=O)CC(C)(C)CC(C)(C)CC(=O)NO. The van der Waals surface area contributed by atoms with Crippen molar-refractivity contribution in [1.29, 1.82) is 0 Å². The molecule has 0 bridgehead atoms. The molecule has 0 saturated carbocycles. The van der Waals surface area contributed by atoms with Crippen LogP contribution in [0.5, 0.6) is 0 Å². The lowest BCUT2D eigenvalue weighted by atomic mass is 9.70. The van der Waals surface area contributed by atoms with Gasteiger partial charge in [-0.1, -0.05) is 41.5 Å². The fourth-order valence-corrected chi connectivity index (χ4v) is 2.57. The van der Waals surface area contributed by atoms with Gasteiger partial charge in [0, 0.05) is 18.8 Å². The van der Waals surface area contributed by atoms with E-state index in [0.29, 0.717) is 6.42 Å². The van der Waals surface area contributed by atoms with E-state index in [-0.39, 0.29) is 34.9 Å². The molecule has 0 aromatic heterocycles. The molecule has 2 N–H and O–H groups in total. The van der Waals surface area contributed by atoms with Gasteiger partial charge in [-0.2, -0.15) is 0 Å². The van der Waals surface area contributed by atoms with Gasteiger partial charge in [0.1, 0.15) is 5.78 Å². The summed E-state index contributed by atoms with van der Waals surface area (Å²) in [6, 6.07) is 0. The van der Waals surface area contributed by atoms with Crippen LogP contribution in [0.1, 0.15) is 60.8 Å². The van der Waals surface area contributed by atoms with Crippen LogP contribution in [0, 0.1) is 16.7 Å². The van der Waals surface area contributed by atoms with E-state index in [4.69, 9.17) is 5.21 Å². The Balaban J connectivity index is 4.55. The van der Waals surface area contributed by atoms with Crippen molar-refractivity contribution >= 4 is 11.7 Å². The topological polar surface area (TPSA) is 66.4 Å². The molecule has 4 nitrogen and oxygen atoms in total. The average Bonchev–Trinajstić information content (AvgIpc) is 2.13. The molecule has 0 rings (SSSR count). The summed E-state index contributed by atoms with van der Waals surface area (Å²) in [5.41, 5.74) is 1.28. The maximum Gasteiger partial charge on any atom is 0.243 e. The molecule has 0 atom stereocenters. The van der Waals surface area contributed by atoms with E-state index >= 15 is 0 Å². The number of hydrogen-bond donors (Lipinski definition) is 2. The highest BCUT2D eigenvalue weighted by molar-refractivity contribution is 5.80. The van der Waals surface area contributed by atoms with Gasteiger partial charge in [-0.25, -0.2) is 5.48 Å². The highest BCUT2D eigenvalue weighted by Crippen LogP contribution is 2.38. The second-order valence-corrected chi connectivity index (χ2v) is 7.01. The largest absolute Gasteiger partial charge is 0.299 e. The third-order valence-corrected chi connectivity index (χ3v) is 3.02. The Hall–Kier alpha value is -0.900. The van der Waals surface area contributed by atoms with E-state index < -0.39 is 0 Å². The molecule has 0 saturated heterocycles. The molecule has 18 heavy (non-hydrogen) atoms. The van der Waals surface area contributed by atoms with Crippen molar-refractivity contribution in [2.45, 2.75) is 60.8 Å². The number of carbonyl (C=O) groups excluding carboxylic acids is 2. The van der Waals surface area contributed by atoms with Gasteiger partial charge >= 0.3 is 0 Å².